The highest BCUT2D eigenvalue weighted by Crippen LogP contribution is 2.41. The Hall–Kier alpha value is -2.05. The van der Waals surface area contributed by atoms with Crippen LogP contribution in [0.25, 0.3) is 22.2 Å². The number of thioether (sulfide) groups is 1. The van der Waals surface area contributed by atoms with E-state index in [-0.39, 0.29) is 5.02 Å². The Morgan fingerprint density at radius 3 is 2.58 bits per heavy atom. The lowest BCUT2D eigenvalue weighted by atomic mass is 10.0. The second-order valence-corrected chi connectivity index (χ2v) is 9.65. The lowest BCUT2D eigenvalue weighted by Crippen LogP contribution is -2.01. The van der Waals surface area contributed by atoms with E-state index in [2.05, 4.69) is 9.97 Å². The summed E-state index contributed by atoms with van der Waals surface area (Å²) >= 11 is 14.9. The van der Waals surface area contributed by atoms with Crippen LogP contribution < -0.4 is 0 Å². The van der Waals surface area contributed by atoms with Gasteiger partial charge in [0.25, 0.3) is 0 Å². The van der Waals surface area contributed by atoms with Gasteiger partial charge in [-0.15, -0.1) is 11.8 Å². The maximum Gasteiger partial charge on any atom is 0.140 e. The van der Waals surface area contributed by atoms with E-state index < -0.39 is 11.9 Å². The summed E-state index contributed by atoms with van der Waals surface area (Å²) in [5, 5.41) is 11.4. The van der Waals surface area contributed by atoms with Crippen molar-refractivity contribution in [3.8, 4) is 11.1 Å². The summed E-state index contributed by atoms with van der Waals surface area (Å²) in [5.74, 6) is 1.95. The van der Waals surface area contributed by atoms with Crippen LogP contribution in [0, 0.1) is 11.7 Å². The minimum absolute atomic E-state index is 0.245. The number of benzene rings is 3. The molecule has 1 fully saturated rings. The Labute approximate surface area is 193 Å². The molecule has 0 saturated heterocycles. The van der Waals surface area contributed by atoms with Crippen molar-refractivity contribution in [1.29, 1.82) is 0 Å². The van der Waals surface area contributed by atoms with Gasteiger partial charge in [-0.25, -0.2) is 9.37 Å². The monoisotopic (exact) mass is 472 g/mol. The standard InChI is InChI=1S/C24H19Cl2FN2OS/c25-17-11-19-22(21(26)20(17)16-3-1-2-4-18(16)27)29-24(28-19)23(30)14-7-9-15(10-8-14)31-12-13-5-6-13/h1-4,7-11,13,23,30H,5-6,12H2,(H,28,29). The zero-order valence-corrected chi connectivity index (χ0v) is 18.7. The first-order chi connectivity index (χ1) is 15.0. The van der Waals surface area contributed by atoms with Crippen LogP contribution in [0.4, 0.5) is 4.39 Å². The highest BCUT2D eigenvalue weighted by atomic mass is 35.5. The fourth-order valence-electron chi connectivity index (χ4n) is 3.54. The molecule has 1 unspecified atom stereocenters. The number of aliphatic hydroxyl groups excluding tert-OH is 1. The van der Waals surface area contributed by atoms with Gasteiger partial charge in [0.05, 0.1) is 15.6 Å². The fraction of sp³-hybridized carbons (Fsp3) is 0.208. The third-order valence-corrected chi connectivity index (χ3v) is 7.38. The summed E-state index contributed by atoms with van der Waals surface area (Å²) in [7, 11) is 0. The number of nitrogens with one attached hydrogen (secondary N) is 1. The molecule has 7 heteroatoms. The van der Waals surface area contributed by atoms with E-state index >= 15 is 0 Å². The molecule has 31 heavy (non-hydrogen) atoms. The second kappa shape index (κ2) is 8.47. The molecule has 1 atom stereocenters. The lowest BCUT2D eigenvalue weighted by molar-refractivity contribution is 0.211. The molecule has 3 aromatic carbocycles. The van der Waals surface area contributed by atoms with E-state index in [0.29, 0.717) is 33.0 Å². The third-order valence-electron chi connectivity index (χ3n) is 5.47. The minimum Gasteiger partial charge on any atom is -0.380 e. The average molecular weight is 473 g/mol. The molecule has 1 aromatic heterocycles. The van der Waals surface area contributed by atoms with Gasteiger partial charge in [0.1, 0.15) is 23.3 Å². The molecule has 1 aliphatic rings. The molecule has 1 heterocycles. The highest BCUT2D eigenvalue weighted by molar-refractivity contribution is 7.99. The Morgan fingerprint density at radius 2 is 1.87 bits per heavy atom. The average Bonchev–Trinajstić information content (AvgIpc) is 3.51. The molecule has 4 aromatic rings. The normalized spacial score (nSPS) is 14.8. The van der Waals surface area contributed by atoms with Gasteiger partial charge in [0, 0.05) is 21.8 Å². The molecule has 1 saturated carbocycles. The molecule has 5 rings (SSSR count). The van der Waals surface area contributed by atoms with Crippen molar-refractivity contribution in [3.05, 3.63) is 81.8 Å². The molecular weight excluding hydrogens is 454 g/mol. The molecule has 1 aliphatic carbocycles. The number of hydrogen-bond donors (Lipinski definition) is 2. The van der Waals surface area contributed by atoms with Gasteiger partial charge in [0.15, 0.2) is 0 Å². The molecule has 0 bridgehead atoms. The van der Waals surface area contributed by atoms with Gasteiger partial charge in [-0.1, -0.05) is 53.5 Å². The van der Waals surface area contributed by atoms with Crippen LogP contribution in [0.2, 0.25) is 10.0 Å². The number of halogens is 3. The van der Waals surface area contributed by atoms with E-state index in [0.717, 1.165) is 17.2 Å². The van der Waals surface area contributed by atoms with E-state index in [4.69, 9.17) is 23.2 Å². The van der Waals surface area contributed by atoms with Gasteiger partial charge in [-0.05, 0) is 48.6 Å². The van der Waals surface area contributed by atoms with Crippen molar-refractivity contribution < 1.29 is 9.50 Å². The number of nitrogens with zero attached hydrogens (tertiary/aromatic N) is 1. The quantitative estimate of drug-likeness (QED) is 0.290. The Bertz CT molecular complexity index is 1250. The van der Waals surface area contributed by atoms with Crippen molar-refractivity contribution >= 4 is 46.0 Å². The third kappa shape index (κ3) is 4.20. The van der Waals surface area contributed by atoms with Gasteiger partial charge < -0.3 is 10.1 Å². The van der Waals surface area contributed by atoms with Crippen LogP contribution >= 0.6 is 35.0 Å². The number of H-pyrrole nitrogens is 1. The Balaban J connectivity index is 1.46. The van der Waals surface area contributed by atoms with Crippen molar-refractivity contribution in [2.45, 2.75) is 23.8 Å². The maximum atomic E-state index is 14.3. The van der Waals surface area contributed by atoms with Crippen molar-refractivity contribution in [2.24, 2.45) is 5.92 Å². The molecule has 0 aliphatic heterocycles. The van der Waals surface area contributed by atoms with E-state index in [9.17, 15) is 9.50 Å². The Kier molecular flexibility index (Phi) is 5.69. The zero-order valence-electron chi connectivity index (χ0n) is 16.4. The number of rotatable bonds is 6. The predicted molar refractivity (Wildman–Crippen MR) is 125 cm³/mol. The molecule has 0 spiro atoms. The summed E-state index contributed by atoms with van der Waals surface area (Å²) < 4.78 is 14.3. The second-order valence-electron chi connectivity index (χ2n) is 7.77. The first kappa shape index (κ1) is 20.8. The number of aromatic amines is 1. The number of fused-ring (bicyclic) bond motifs is 1. The smallest absolute Gasteiger partial charge is 0.140 e. The summed E-state index contributed by atoms with van der Waals surface area (Å²) in [6.07, 6.45) is 1.73. The van der Waals surface area contributed by atoms with Crippen LogP contribution in [0.3, 0.4) is 0 Å². The van der Waals surface area contributed by atoms with Gasteiger partial charge >= 0.3 is 0 Å². The van der Waals surface area contributed by atoms with E-state index in [1.807, 2.05) is 36.0 Å². The zero-order chi connectivity index (χ0) is 21.5. The number of imidazole rings is 1. The minimum atomic E-state index is -0.943. The first-order valence-corrected chi connectivity index (χ1v) is 11.8. The van der Waals surface area contributed by atoms with Crippen LogP contribution in [-0.4, -0.2) is 20.8 Å². The van der Waals surface area contributed by atoms with Crippen molar-refractivity contribution in [3.63, 3.8) is 0 Å². The molecule has 2 N–H and O–H groups in total. The summed E-state index contributed by atoms with van der Waals surface area (Å²) in [6.45, 7) is 0. The molecule has 0 radical (unpaired) electrons. The predicted octanol–water partition coefficient (Wildman–Crippen LogP) is 7.26. The maximum absolute atomic E-state index is 14.3. The summed E-state index contributed by atoms with van der Waals surface area (Å²) in [5.41, 5.74) is 2.45. The Morgan fingerprint density at radius 1 is 1.13 bits per heavy atom. The fourth-order valence-corrected chi connectivity index (χ4v) is 5.33. The molecule has 0 amide bonds. The number of aliphatic hydroxyl groups is 1. The molecule has 158 valence electrons. The lowest BCUT2D eigenvalue weighted by Gasteiger charge is -2.09. The number of hydrogen-bond acceptors (Lipinski definition) is 3. The van der Waals surface area contributed by atoms with Gasteiger partial charge in [-0.2, -0.15) is 0 Å². The van der Waals surface area contributed by atoms with Crippen molar-refractivity contribution in [2.75, 3.05) is 5.75 Å². The largest absolute Gasteiger partial charge is 0.380 e. The first-order valence-electron chi connectivity index (χ1n) is 10.0. The van der Waals surface area contributed by atoms with E-state index in [1.54, 1.807) is 24.3 Å². The van der Waals surface area contributed by atoms with Crippen LogP contribution in [0.15, 0.2) is 59.5 Å². The SMILES string of the molecule is OC(c1ccc(SCC2CC2)cc1)c1nc2c(Cl)c(-c3ccccc3F)c(Cl)cc2[nH]1. The molecule has 3 nitrogen and oxygen atoms in total. The van der Waals surface area contributed by atoms with E-state index in [1.165, 1.54) is 23.8 Å². The van der Waals surface area contributed by atoms with Crippen LogP contribution in [0.5, 0.6) is 0 Å². The van der Waals surface area contributed by atoms with Crippen LogP contribution in [-0.2, 0) is 0 Å². The molecular formula is C24H19Cl2FN2OS. The highest BCUT2D eigenvalue weighted by Gasteiger charge is 2.22. The summed E-state index contributed by atoms with van der Waals surface area (Å²) in [4.78, 5) is 8.81. The van der Waals surface area contributed by atoms with Crippen molar-refractivity contribution in [1.82, 2.24) is 9.97 Å². The number of aromatic nitrogens is 2. The summed E-state index contributed by atoms with van der Waals surface area (Å²) in [6, 6.07) is 15.8. The topological polar surface area (TPSA) is 48.9 Å². The van der Waals surface area contributed by atoms with Gasteiger partial charge in [-0.3, -0.25) is 0 Å². The van der Waals surface area contributed by atoms with Gasteiger partial charge in [0.2, 0.25) is 0 Å². The van der Waals surface area contributed by atoms with Crippen LogP contribution in [0.1, 0.15) is 30.3 Å².